The summed E-state index contributed by atoms with van der Waals surface area (Å²) in [5.41, 5.74) is 1.08. The van der Waals surface area contributed by atoms with E-state index in [9.17, 15) is 9.59 Å². The van der Waals surface area contributed by atoms with Crippen molar-refractivity contribution in [3.8, 4) is 0 Å². The van der Waals surface area contributed by atoms with Crippen LogP contribution in [0.2, 0.25) is 0 Å². The first-order valence-corrected chi connectivity index (χ1v) is 9.11. The highest BCUT2D eigenvalue weighted by atomic mass is 16.2. The van der Waals surface area contributed by atoms with Gasteiger partial charge in [0, 0.05) is 23.9 Å². The monoisotopic (exact) mass is 340 g/mol. The van der Waals surface area contributed by atoms with Crippen LogP contribution < -0.4 is 5.32 Å². The summed E-state index contributed by atoms with van der Waals surface area (Å²) in [7, 11) is 2.21. The average Bonchev–Trinajstić information content (AvgIpc) is 3.00. The molecule has 0 spiro atoms. The number of fused-ring (bicyclic) bond motifs is 3. The van der Waals surface area contributed by atoms with E-state index in [1.807, 2.05) is 24.3 Å². The fourth-order valence-corrected chi connectivity index (χ4v) is 4.53. The fourth-order valence-electron chi connectivity index (χ4n) is 4.53. The highest BCUT2D eigenvalue weighted by molar-refractivity contribution is 6.10. The third kappa shape index (κ3) is 3.18. The number of H-pyrrole nitrogens is 1. The zero-order valence-corrected chi connectivity index (χ0v) is 14.5. The summed E-state index contributed by atoms with van der Waals surface area (Å²) in [5.74, 6) is -0.240. The predicted octanol–water partition coefficient (Wildman–Crippen LogP) is 2.47. The number of nitrogens with zero attached hydrogens (tertiary/aromatic N) is 2. The van der Waals surface area contributed by atoms with Crippen molar-refractivity contribution in [2.24, 2.45) is 5.92 Å². The Balaban J connectivity index is 1.38. The number of piperidine rings is 2. The molecule has 2 aromatic rings. The van der Waals surface area contributed by atoms with Gasteiger partial charge < -0.3 is 4.90 Å². The van der Waals surface area contributed by atoms with Crippen LogP contribution in [0.25, 0.3) is 10.9 Å². The summed E-state index contributed by atoms with van der Waals surface area (Å²) in [6, 6.07) is 8.61. The molecule has 2 unspecified atom stereocenters. The minimum absolute atomic E-state index is 0.190. The maximum absolute atomic E-state index is 12.4. The van der Waals surface area contributed by atoms with Gasteiger partial charge in [0.1, 0.15) is 0 Å². The Morgan fingerprint density at radius 3 is 2.72 bits per heavy atom. The number of benzene rings is 1. The molecule has 1 aromatic carbocycles. The summed E-state index contributed by atoms with van der Waals surface area (Å²) in [6.07, 6.45) is 6.28. The highest BCUT2D eigenvalue weighted by Crippen LogP contribution is 2.37. The van der Waals surface area contributed by atoms with E-state index in [0.717, 1.165) is 23.7 Å². The normalized spacial score (nSPS) is 26.5. The van der Waals surface area contributed by atoms with Gasteiger partial charge in [-0.05, 0) is 44.7 Å². The number of para-hydroxylation sites is 1. The van der Waals surface area contributed by atoms with Crippen LogP contribution in [0, 0.1) is 5.92 Å². The molecule has 2 bridgehead atoms. The molecule has 6 nitrogen and oxygen atoms in total. The van der Waals surface area contributed by atoms with Gasteiger partial charge in [-0.25, -0.2) is 0 Å². The number of imide groups is 1. The lowest BCUT2D eigenvalue weighted by Gasteiger charge is -2.47. The number of carbonyl (C=O) groups is 2. The lowest BCUT2D eigenvalue weighted by atomic mass is 9.77. The molecular formula is C19H24N4O2. The summed E-state index contributed by atoms with van der Waals surface area (Å²) in [5, 5.41) is 10.1. The van der Waals surface area contributed by atoms with Crippen molar-refractivity contribution in [3.63, 3.8) is 0 Å². The number of carbonyl (C=O) groups excluding carboxylic acids is 2. The third-order valence-corrected chi connectivity index (χ3v) is 5.85. The zero-order chi connectivity index (χ0) is 17.4. The second-order valence-corrected chi connectivity index (χ2v) is 7.44. The molecule has 2 aliphatic heterocycles. The standard InChI is InChI=1S/C19H24N4O2/c1-23-13-5-4-6-14(23)10-12(9-13)11-17(24)20-19(25)18-15-7-2-3-8-16(15)21-22-18/h2-3,7-8,12-14H,4-6,9-11H2,1H3,(H,21,22)(H,20,24,25). The van der Waals surface area contributed by atoms with E-state index in [1.165, 1.54) is 19.3 Å². The lowest BCUT2D eigenvalue weighted by molar-refractivity contribution is -0.121. The van der Waals surface area contributed by atoms with Crippen LogP contribution in [0.3, 0.4) is 0 Å². The molecule has 6 heteroatoms. The summed E-state index contributed by atoms with van der Waals surface area (Å²) >= 11 is 0. The minimum atomic E-state index is -0.421. The molecule has 2 fully saturated rings. The number of rotatable bonds is 3. The quantitative estimate of drug-likeness (QED) is 0.900. The number of nitrogens with one attached hydrogen (secondary N) is 2. The van der Waals surface area contributed by atoms with Gasteiger partial charge in [0.15, 0.2) is 5.69 Å². The fraction of sp³-hybridized carbons (Fsp3) is 0.526. The van der Waals surface area contributed by atoms with Crippen LogP contribution in [-0.4, -0.2) is 46.0 Å². The zero-order valence-electron chi connectivity index (χ0n) is 14.5. The molecule has 0 saturated carbocycles. The Bertz CT molecular complexity index is 786. The van der Waals surface area contributed by atoms with E-state index in [4.69, 9.17) is 0 Å². The average molecular weight is 340 g/mol. The number of hydrogen-bond donors (Lipinski definition) is 2. The molecular weight excluding hydrogens is 316 g/mol. The maximum Gasteiger partial charge on any atom is 0.278 e. The summed E-state index contributed by atoms with van der Waals surface area (Å²) in [6.45, 7) is 0. The van der Waals surface area contributed by atoms with Gasteiger partial charge >= 0.3 is 0 Å². The van der Waals surface area contributed by atoms with Crippen LogP contribution in [0.1, 0.15) is 49.0 Å². The molecule has 0 aliphatic carbocycles. The second-order valence-electron chi connectivity index (χ2n) is 7.44. The van der Waals surface area contributed by atoms with Crippen LogP contribution in [-0.2, 0) is 4.79 Å². The topological polar surface area (TPSA) is 78.1 Å². The van der Waals surface area contributed by atoms with Crippen molar-refractivity contribution < 1.29 is 9.59 Å². The molecule has 0 radical (unpaired) electrons. The lowest BCUT2D eigenvalue weighted by Crippen LogP contribution is -2.50. The predicted molar refractivity (Wildman–Crippen MR) is 95.1 cm³/mol. The molecule has 4 rings (SSSR count). The molecule has 3 heterocycles. The van der Waals surface area contributed by atoms with Crippen molar-refractivity contribution >= 4 is 22.7 Å². The molecule has 2 amide bonds. The first-order valence-electron chi connectivity index (χ1n) is 9.11. The second kappa shape index (κ2) is 6.59. The number of aromatic amines is 1. The Morgan fingerprint density at radius 2 is 1.96 bits per heavy atom. The number of aromatic nitrogens is 2. The third-order valence-electron chi connectivity index (χ3n) is 5.85. The van der Waals surface area contributed by atoms with Crippen molar-refractivity contribution in [2.45, 2.75) is 50.6 Å². The number of amides is 2. The summed E-state index contributed by atoms with van der Waals surface area (Å²) < 4.78 is 0. The molecule has 1 aromatic heterocycles. The van der Waals surface area contributed by atoms with Crippen molar-refractivity contribution in [3.05, 3.63) is 30.0 Å². The summed E-state index contributed by atoms with van der Waals surface area (Å²) in [4.78, 5) is 27.3. The minimum Gasteiger partial charge on any atom is -0.300 e. The van der Waals surface area contributed by atoms with E-state index in [-0.39, 0.29) is 11.6 Å². The van der Waals surface area contributed by atoms with Crippen LogP contribution in [0.5, 0.6) is 0 Å². The van der Waals surface area contributed by atoms with E-state index >= 15 is 0 Å². The van der Waals surface area contributed by atoms with Crippen molar-refractivity contribution in [2.75, 3.05) is 7.05 Å². The Labute approximate surface area is 147 Å². The van der Waals surface area contributed by atoms with Gasteiger partial charge in [-0.1, -0.05) is 24.6 Å². The Morgan fingerprint density at radius 1 is 1.24 bits per heavy atom. The van der Waals surface area contributed by atoms with Crippen molar-refractivity contribution in [1.82, 2.24) is 20.4 Å². The van der Waals surface area contributed by atoms with E-state index in [2.05, 4.69) is 27.5 Å². The van der Waals surface area contributed by atoms with E-state index < -0.39 is 5.91 Å². The maximum atomic E-state index is 12.4. The van der Waals surface area contributed by atoms with Crippen molar-refractivity contribution in [1.29, 1.82) is 0 Å². The molecule has 2 atom stereocenters. The van der Waals surface area contributed by atoms with Gasteiger partial charge in [-0.2, -0.15) is 5.10 Å². The van der Waals surface area contributed by atoms with E-state index in [0.29, 0.717) is 24.4 Å². The molecule has 2 saturated heterocycles. The van der Waals surface area contributed by atoms with E-state index in [1.54, 1.807) is 0 Å². The van der Waals surface area contributed by atoms with Gasteiger partial charge in [-0.15, -0.1) is 0 Å². The molecule has 132 valence electrons. The largest absolute Gasteiger partial charge is 0.300 e. The van der Waals surface area contributed by atoms with Gasteiger partial charge in [-0.3, -0.25) is 20.0 Å². The first kappa shape index (κ1) is 16.3. The van der Waals surface area contributed by atoms with Crippen LogP contribution in [0.15, 0.2) is 24.3 Å². The van der Waals surface area contributed by atoms with Crippen LogP contribution in [0.4, 0.5) is 0 Å². The molecule has 2 aliphatic rings. The Hall–Kier alpha value is -2.21. The molecule has 2 N–H and O–H groups in total. The van der Waals surface area contributed by atoms with Gasteiger partial charge in [0.05, 0.1) is 5.52 Å². The van der Waals surface area contributed by atoms with Crippen LogP contribution >= 0.6 is 0 Å². The van der Waals surface area contributed by atoms with Gasteiger partial charge in [0.2, 0.25) is 5.91 Å². The van der Waals surface area contributed by atoms with Gasteiger partial charge in [0.25, 0.3) is 5.91 Å². The first-order chi connectivity index (χ1) is 12.1. The number of hydrogen-bond acceptors (Lipinski definition) is 4. The Kier molecular flexibility index (Phi) is 4.29. The highest BCUT2D eigenvalue weighted by Gasteiger charge is 2.36. The SMILES string of the molecule is CN1C2CCCC1CC(CC(=O)NC(=O)c1n[nH]c3ccccc13)C2. The molecule has 25 heavy (non-hydrogen) atoms. The smallest absolute Gasteiger partial charge is 0.278 e.